The van der Waals surface area contributed by atoms with E-state index in [0.717, 1.165) is 71.4 Å². The summed E-state index contributed by atoms with van der Waals surface area (Å²) in [7, 11) is -15.0. The quantitative estimate of drug-likeness (QED) is 0.0293. The van der Waals surface area contributed by atoms with Crippen molar-refractivity contribution in [2.75, 3.05) is 0 Å². The summed E-state index contributed by atoms with van der Waals surface area (Å²) in [6.07, 6.45) is 0. The number of fused-ring (bicyclic) bond motifs is 1. The molecule has 0 bridgehead atoms. The number of aromatic amines is 1. The Morgan fingerprint density at radius 3 is 1.87 bits per heavy atom. The molecule has 0 radical (unpaired) electrons. The first-order valence-electron chi connectivity index (χ1n) is 16.2. The van der Waals surface area contributed by atoms with Gasteiger partial charge in [-0.1, -0.05) is 6.07 Å². The van der Waals surface area contributed by atoms with Crippen molar-refractivity contribution in [2.45, 2.75) is 21.6 Å². The van der Waals surface area contributed by atoms with Crippen LogP contribution in [0, 0.1) is 17.0 Å². The minimum Gasteiger partial charge on any atom is -0.505 e. The maximum Gasteiger partial charge on any atom is 0.342 e. The van der Waals surface area contributed by atoms with E-state index in [1.807, 2.05) is 0 Å². The molecule has 0 fully saturated rings. The molecule has 0 atom stereocenters. The Bertz CT molecular complexity index is 3350. The molecule has 0 unspecified atom stereocenters. The average Bonchev–Trinajstić information content (AvgIpc) is 3.46. The normalized spacial score (nSPS) is 12.6. The molecule has 0 spiro atoms. The monoisotopic (exact) mass is 897 g/mol. The number of aromatic carboxylic acids is 1. The van der Waals surface area contributed by atoms with E-state index in [0.29, 0.717) is 0 Å². The van der Waals surface area contributed by atoms with Gasteiger partial charge >= 0.3 is 5.97 Å². The Balaban J connectivity index is 1.37. The molecule has 314 valence electrons. The summed E-state index contributed by atoms with van der Waals surface area (Å²) in [6, 6.07) is 12.9. The zero-order valence-corrected chi connectivity index (χ0v) is 32.5. The Hall–Kier alpha value is -7.63. The Labute approximate surface area is 339 Å². The zero-order valence-electron chi connectivity index (χ0n) is 30.1. The SMILES string of the molecule is Cc1[nH]n(-c2ccc(S(=O)(=O)O)cc2)c(=O)c1N=Nc1ccc(N=Nc2c(S(=O)(=O)O)cc3ccc(N=Nc4ccc([N+](=O)[O-])c(C(=O)O)c4)c(O)c3c2O)c(S(=O)(=O)O)c1. The van der Waals surface area contributed by atoms with Crippen LogP contribution >= 0.6 is 0 Å². The van der Waals surface area contributed by atoms with Gasteiger partial charge in [0.15, 0.2) is 17.2 Å². The van der Waals surface area contributed by atoms with Gasteiger partial charge in [-0.05, 0) is 79.0 Å². The van der Waals surface area contributed by atoms with E-state index in [2.05, 4.69) is 35.8 Å². The number of rotatable bonds is 12. The lowest BCUT2D eigenvalue weighted by Crippen LogP contribution is -2.14. The second kappa shape index (κ2) is 15.9. The van der Waals surface area contributed by atoms with Gasteiger partial charge in [0, 0.05) is 6.07 Å². The summed E-state index contributed by atoms with van der Waals surface area (Å²) in [5.41, 5.74) is -4.90. The fourth-order valence-electron chi connectivity index (χ4n) is 5.48. The van der Waals surface area contributed by atoms with Crippen LogP contribution in [0.15, 0.2) is 129 Å². The van der Waals surface area contributed by atoms with E-state index in [4.69, 9.17) is 0 Å². The fraction of sp³-hybridized carbons (Fsp3) is 0.0303. The number of carboxylic acid groups (broad SMARTS) is 1. The molecule has 1 heterocycles. The van der Waals surface area contributed by atoms with E-state index in [1.165, 1.54) is 19.1 Å². The molecule has 5 aromatic carbocycles. The summed E-state index contributed by atoms with van der Waals surface area (Å²) in [5, 5.41) is 67.2. The predicted molar refractivity (Wildman–Crippen MR) is 207 cm³/mol. The number of hydrogen-bond acceptors (Lipinski definition) is 18. The second-order valence-electron chi connectivity index (χ2n) is 12.3. The third kappa shape index (κ3) is 8.87. The molecule has 7 N–H and O–H groups in total. The van der Waals surface area contributed by atoms with Crippen molar-refractivity contribution < 1.29 is 63.9 Å². The highest BCUT2D eigenvalue weighted by atomic mass is 32.2. The third-order valence-corrected chi connectivity index (χ3v) is 10.9. The van der Waals surface area contributed by atoms with E-state index in [-0.39, 0.29) is 33.8 Å². The first-order valence-corrected chi connectivity index (χ1v) is 20.5. The molecule has 0 amide bonds. The van der Waals surface area contributed by atoms with E-state index >= 15 is 0 Å². The number of phenolic OH excluding ortho intramolecular Hbond substituents is 2. The molecule has 0 saturated carbocycles. The number of aromatic nitrogens is 2. The van der Waals surface area contributed by atoms with Gasteiger partial charge < -0.3 is 15.3 Å². The topological polar surface area (TPSA) is 396 Å². The highest BCUT2D eigenvalue weighted by molar-refractivity contribution is 7.86. The number of aromatic hydroxyl groups is 2. The maximum atomic E-state index is 13.1. The summed E-state index contributed by atoms with van der Waals surface area (Å²) in [5.74, 6) is -3.66. The van der Waals surface area contributed by atoms with Gasteiger partial charge in [0.05, 0.1) is 38.0 Å². The van der Waals surface area contributed by atoms with Gasteiger partial charge in [0.25, 0.3) is 41.6 Å². The van der Waals surface area contributed by atoms with Crippen LogP contribution in [0.1, 0.15) is 16.1 Å². The van der Waals surface area contributed by atoms with Crippen LogP contribution in [0.2, 0.25) is 0 Å². The van der Waals surface area contributed by atoms with Crippen LogP contribution in [-0.2, 0) is 30.4 Å². The molecule has 0 aliphatic heterocycles. The minimum atomic E-state index is -5.24. The number of azo groups is 3. The lowest BCUT2D eigenvalue weighted by atomic mass is 10.1. The lowest BCUT2D eigenvalue weighted by Gasteiger charge is -2.11. The van der Waals surface area contributed by atoms with E-state index in [1.54, 1.807) is 0 Å². The Morgan fingerprint density at radius 1 is 0.689 bits per heavy atom. The molecule has 6 rings (SSSR count). The van der Waals surface area contributed by atoms with Crippen LogP contribution < -0.4 is 5.56 Å². The fourth-order valence-corrected chi connectivity index (χ4v) is 7.26. The standard InChI is InChI=1S/C33H23N9O16S3/c1-15-28(32(45)41(40-15)19-5-7-20(8-6-19)59(50,51)52)38-35-18-3-10-22(25(14-18)60(53,54)55)36-39-29-26(61(56,57)58)12-16-2-9-23(30(43)27(16)31(29)44)37-34-17-4-11-24(42(48)49)21(13-17)33(46)47/h2-14,40,43-44H,1H3,(H,46,47)(H,50,51,52)(H,53,54,55)(H,56,57,58). The number of hydrogen-bond donors (Lipinski definition) is 7. The van der Waals surface area contributed by atoms with E-state index in [9.17, 15) is 73.9 Å². The predicted octanol–water partition coefficient (Wildman–Crippen LogP) is 6.63. The number of carboxylic acids is 1. The number of nitrogens with one attached hydrogen (secondary N) is 1. The summed E-state index contributed by atoms with van der Waals surface area (Å²) in [4.78, 5) is 32.3. The number of phenols is 2. The molecule has 6 aromatic rings. The summed E-state index contributed by atoms with van der Waals surface area (Å²) in [6.45, 7) is 1.43. The highest BCUT2D eigenvalue weighted by Crippen LogP contribution is 2.48. The number of aryl methyl sites for hydroxylation is 1. The largest absolute Gasteiger partial charge is 0.505 e. The maximum absolute atomic E-state index is 13.1. The van der Waals surface area contributed by atoms with Crippen LogP contribution in [0.3, 0.4) is 0 Å². The van der Waals surface area contributed by atoms with Crippen molar-refractivity contribution in [3.8, 4) is 17.2 Å². The minimum absolute atomic E-state index is 0.137. The van der Waals surface area contributed by atoms with Crippen molar-refractivity contribution in [1.82, 2.24) is 9.78 Å². The lowest BCUT2D eigenvalue weighted by molar-refractivity contribution is -0.385. The highest BCUT2D eigenvalue weighted by Gasteiger charge is 2.26. The van der Waals surface area contributed by atoms with Crippen molar-refractivity contribution in [3.63, 3.8) is 0 Å². The van der Waals surface area contributed by atoms with Crippen molar-refractivity contribution in [2.24, 2.45) is 30.7 Å². The molecule has 0 aliphatic rings. The smallest absolute Gasteiger partial charge is 0.342 e. The van der Waals surface area contributed by atoms with Gasteiger partial charge in [-0.15, -0.1) is 20.5 Å². The van der Waals surface area contributed by atoms with Crippen LogP contribution in [0.4, 0.5) is 39.8 Å². The van der Waals surface area contributed by atoms with Gasteiger partial charge in [-0.2, -0.15) is 35.5 Å². The number of H-pyrrole nitrogens is 1. The Kier molecular flexibility index (Phi) is 11.2. The van der Waals surface area contributed by atoms with Gasteiger partial charge in [0.2, 0.25) is 0 Å². The van der Waals surface area contributed by atoms with Crippen molar-refractivity contribution in [3.05, 3.63) is 111 Å². The number of benzene rings is 5. The molecule has 28 heteroatoms. The van der Waals surface area contributed by atoms with Gasteiger partial charge in [-0.25, -0.2) is 9.48 Å². The van der Waals surface area contributed by atoms with Crippen LogP contribution in [0.5, 0.6) is 11.5 Å². The molecular formula is C33H23N9O16S3. The van der Waals surface area contributed by atoms with Crippen LogP contribution in [-0.4, -0.2) is 74.9 Å². The summed E-state index contributed by atoms with van der Waals surface area (Å²) < 4.78 is 103. The van der Waals surface area contributed by atoms with Crippen LogP contribution in [0.25, 0.3) is 16.5 Å². The molecule has 0 saturated heterocycles. The van der Waals surface area contributed by atoms with Crippen molar-refractivity contribution >= 4 is 86.9 Å². The molecule has 25 nitrogen and oxygen atoms in total. The molecule has 0 aliphatic carbocycles. The van der Waals surface area contributed by atoms with E-state index < -0.39 is 107 Å². The molecule has 1 aromatic heterocycles. The second-order valence-corrected chi connectivity index (χ2v) is 16.5. The molecule has 61 heavy (non-hydrogen) atoms. The first kappa shape index (κ1) is 43.0. The number of nitrogens with zero attached hydrogens (tertiary/aromatic N) is 8. The van der Waals surface area contributed by atoms with Crippen molar-refractivity contribution in [1.29, 1.82) is 0 Å². The first-order chi connectivity index (χ1) is 28.4. The zero-order chi connectivity index (χ0) is 44.8. The Morgan fingerprint density at radius 2 is 1.26 bits per heavy atom. The number of nitro groups is 1. The number of nitro benzene ring substituents is 1. The third-order valence-electron chi connectivity index (χ3n) is 8.31. The van der Waals surface area contributed by atoms with Gasteiger partial charge in [-0.3, -0.25) is 33.7 Å². The molecular weight excluding hydrogens is 875 g/mol. The average molecular weight is 898 g/mol. The summed E-state index contributed by atoms with van der Waals surface area (Å²) >= 11 is 0. The van der Waals surface area contributed by atoms with Gasteiger partial charge in [0.1, 0.15) is 32.4 Å². The number of carbonyl (C=O) groups is 1.